The topological polar surface area (TPSA) is 94.2 Å². The van der Waals surface area contributed by atoms with Crippen molar-refractivity contribution in [3.05, 3.63) is 32.5 Å². The minimum atomic E-state index is -0.564. The molecule has 2 heterocycles. The summed E-state index contributed by atoms with van der Waals surface area (Å²) in [5.41, 5.74) is 1.98. The summed E-state index contributed by atoms with van der Waals surface area (Å²) in [6.45, 7) is 5.23. The number of hydrogen-bond acceptors (Lipinski definition) is 7. The van der Waals surface area contributed by atoms with Gasteiger partial charge in [0.05, 0.1) is 12.2 Å². The number of esters is 2. The monoisotopic (exact) mass is 343 g/mol. The third kappa shape index (κ3) is 3.28. The highest BCUT2D eigenvalue weighted by Gasteiger charge is 2.24. The molecule has 2 rings (SSSR count). The normalized spacial score (nSPS) is 10.5. The quantitative estimate of drug-likeness (QED) is 0.839. The summed E-state index contributed by atoms with van der Waals surface area (Å²) in [5, 5.41) is 3.76. The second-order valence-electron chi connectivity index (χ2n) is 4.41. The fourth-order valence-corrected chi connectivity index (χ4v) is 2.55. The van der Waals surface area contributed by atoms with E-state index in [4.69, 9.17) is 21.1 Å². The minimum Gasteiger partial charge on any atom is -0.461 e. The van der Waals surface area contributed by atoms with Crippen LogP contribution in [0, 0.1) is 13.8 Å². The lowest BCUT2D eigenvalue weighted by atomic mass is 10.1. The Balaban J connectivity index is 2.16. The van der Waals surface area contributed by atoms with Gasteiger partial charge in [0.1, 0.15) is 22.3 Å². The molecular formula is C13H14ClN3O4S. The van der Waals surface area contributed by atoms with Gasteiger partial charge in [0, 0.05) is 17.2 Å². The lowest BCUT2D eigenvalue weighted by Crippen LogP contribution is -2.09. The van der Waals surface area contributed by atoms with Crippen LogP contribution in [0.2, 0.25) is 4.34 Å². The second kappa shape index (κ2) is 6.89. The van der Waals surface area contributed by atoms with E-state index in [-0.39, 0.29) is 18.9 Å². The number of aromatic nitrogens is 3. The fraction of sp³-hybridized carbons (Fsp3) is 0.385. The van der Waals surface area contributed by atoms with E-state index in [9.17, 15) is 9.59 Å². The Hall–Kier alpha value is -1.93. The molecule has 118 valence electrons. The van der Waals surface area contributed by atoms with Crippen molar-refractivity contribution in [2.75, 3.05) is 6.61 Å². The molecule has 0 unspecified atom stereocenters. The zero-order chi connectivity index (χ0) is 16.3. The number of carbonyl (C=O) groups is 2. The molecule has 7 nitrogen and oxygen atoms in total. The van der Waals surface area contributed by atoms with E-state index >= 15 is 0 Å². The smallest absolute Gasteiger partial charge is 0.355 e. The molecular weight excluding hydrogens is 330 g/mol. The highest BCUT2D eigenvalue weighted by molar-refractivity contribution is 7.10. The number of nitrogens with zero attached hydrogens (tertiary/aromatic N) is 2. The Morgan fingerprint density at radius 1 is 1.27 bits per heavy atom. The molecule has 1 N–H and O–H groups in total. The molecule has 0 aliphatic rings. The summed E-state index contributed by atoms with van der Waals surface area (Å²) < 4.78 is 14.1. The van der Waals surface area contributed by atoms with Crippen molar-refractivity contribution in [2.45, 2.75) is 27.4 Å². The zero-order valence-corrected chi connectivity index (χ0v) is 13.8. The van der Waals surface area contributed by atoms with Gasteiger partial charge in [-0.1, -0.05) is 16.1 Å². The maximum Gasteiger partial charge on any atom is 0.355 e. The molecule has 0 fully saturated rings. The van der Waals surface area contributed by atoms with Crippen LogP contribution in [0.1, 0.15) is 44.7 Å². The molecule has 0 aromatic carbocycles. The number of aromatic amines is 1. The maximum atomic E-state index is 12.2. The summed E-state index contributed by atoms with van der Waals surface area (Å²) in [5.74, 6) is -1.07. The average Bonchev–Trinajstić information content (AvgIpc) is 3.00. The van der Waals surface area contributed by atoms with Crippen molar-refractivity contribution < 1.29 is 19.1 Å². The van der Waals surface area contributed by atoms with Crippen molar-refractivity contribution in [2.24, 2.45) is 0 Å². The van der Waals surface area contributed by atoms with Crippen LogP contribution in [-0.4, -0.2) is 33.1 Å². The van der Waals surface area contributed by atoms with Gasteiger partial charge in [0.15, 0.2) is 0 Å². The first-order valence-corrected chi connectivity index (χ1v) is 7.61. The van der Waals surface area contributed by atoms with Crippen LogP contribution in [0.25, 0.3) is 0 Å². The Kier molecular flexibility index (Phi) is 5.15. The molecule has 22 heavy (non-hydrogen) atoms. The number of nitrogens with one attached hydrogen (secondary N) is 1. The van der Waals surface area contributed by atoms with Crippen LogP contribution in [0.5, 0.6) is 0 Å². The SMILES string of the molecule is CCOC(=O)c1[nH]c(C)c(C(=O)OCc2nnsc2Cl)c1C. The number of rotatable bonds is 5. The van der Waals surface area contributed by atoms with Crippen molar-refractivity contribution in [3.8, 4) is 0 Å². The number of carbonyl (C=O) groups excluding carboxylic acids is 2. The molecule has 0 saturated heterocycles. The summed E-state index contributed by atoms with van der Waals surface area (Å²) in [6, 6.07) is 0. The van der Waals surface area contributed by atoms with E-state index in [2.05, 4.69) is 14.6 Å². The number of hydrogen-bond donors (Lipinski definition) is 1. The first-order valence-electron chi connectivity index (χ1n) is 6.45. The first-order chi connectivity index (χ1) is 10.5. The van der Waals surface area contributed by atoms with Crippen LogP contribution in [0.15, 0.2) is 0 Å². The summed E-state index contributed by atoms with van der Waals surface area (Å²) in [4.78, 5) is 26.9. The van der Waals surface area contributed by atoms with E-state index < -0.39 is 11.9 Å². The van der Waals surface area contributed by atoms with Gasteiger partial charge < -0.3 is 14.5 Å². The van der Waals surface area contributed by atoms with E-state index in [0.717, 1.165) is 11.5 Å². The van der Waals surface area contributed by atoms with Crippen molar-refractivity contribution >= 4 is 35.1 Å². The van der Waals surface area contributed by atoms with Gasteiger partial charge in [0.2, 0.25) is 0 Å². The minimum absolute atomic E-state index is 0.0764. The van der Waals surface area contributed by atoms with Crippen molar-refractivity contribution in [1.29, 1.82) is 0 Å². The Labute approximate surface area is 135 Å². The Bertz CT molecular complexity index is 710. The van der Waals surface area contributed by atoms with Gasteiger partial charge >= 0.3 is 11.9 Å². The molecule has 0 spiro atoms. The van der Waals surface area contributed by atoms with Crippen LogP contribution in [0.4, 0.5) is 0 Å². The predicted molar refractivity (Wildman–Crippen MR) is 80.3 cm³/mol. The van der Waals surface area contributed by atoms with Gasteiger partial charge in [0.25, 0.3) is 0 Å². The Morgan fingerprint density at radius 2 is 2.00 bits per heavy atom. The van der Waals surface area contributed by atoms with E-state index in [1.807, 2.05) is 0 Å². The highest BCUT2D eigenvalue weighted by atomic mass is 35.5. The van der Waals surface area contributed by atoms with Gasteiger partial charge in [-0.15, -0.1) is 5.10 Å². The first kappa shape index (κ1) is 16.4. The molecule has 0 amide bonds. The summed E-state index contributed by atoms with van der Waals surface area (Å²) in [6.07, 6.45) is 0. The van der Waals surface area contributed by atoms with Gasteiger partial charge in [-0.2, -0.15) is 0 Å². The zero-order valence-electron chi connectivity index (χ0n) is 12.2. The van der Waals surface area contributed by atoms with E-state index in [0.29, 0.717) is 26.9 Å². The molecule has 0 aliphatic heterocycles. The third-order valence-corrected chi connectivity index (χ3v) is 3.95. The molecule has 0 atom stereocenters. The Morgan fingerprint density at radius 3 is 2.59 bits per heavy atom. The molecule has 0 aliphatic carbocycles. The molecule has 0 radical (unpaired) electrons. The van der Waals surface area contributed by atoms with Crippen molar-refractivity contribution in [3.63, 3.8) is 0 Å². The molecule has 2 aromatic heterocycles. The van der Waals surface area contributed by atoms with Crippen molar-refractivity contribution in [1.82, 2.24) is 14.6 Å². The molecule has 2 aromatic rings. The van der Waals surface area contributed by atoms with Crippen LogP contribution in [-0.2, 0) is 16.1 Å². The van der Waals surface area contributed by atoms with Crippen LogP contribution >= 0.6 is 23.1 Å². The predicted octanol–water partition coefficient (Wildman–Crippen LogP) is 2.67. The molecule has 9 heteroatoms. The third-order valence-electron chi connectivity index (χ3n) is 2.97. The maximum absolute atomic E-state index is 12.2. The highest BCUT2D eigenvalue weighted by Crippen LogP contribution is 2.22. The summed E-state index contributed by atoms with van der Waals surface area (Å²) in [7, 11) is 0. The van der Waals surface area contributed by atoms with Gasteiger partial charge in [-0.05, 0) is 26.3 Å². The fourth-order valence-electron chi connectivity index (χ4n) is 1.95. The standard InChI is InChI=1S/C13H14ClN3O4S/c1-4-20-13(19)10-6(2)9(7(3)15-10)12(18)21-5-8-11(14)22-17-16-8/h15H,4-5H2,1-3H3. The average molecular weight is 344 g/mol. The van der Waals surface area contributed by atoms with Crippen LogP contribution in [0.3, 0.4) is 0 Å². The molecule has 0 bridgehead atoms. The second-order valence-corrected chi connectivity index (χ2v) is 5.77. The van der Waals surface area contributed by atoms with E-state index in [1.54, 1.807) is 20.8 Å². The number of ether oxygens (including phenoxy) is 2. The number of H-pyrrole nitrogens is 1. The lowest BCUT2D eigenvalue weighted by molar-refractivity contribution is 0.0466. The lowest BCUT2D eigenvalue weighted by Gasteiger charge is -2.04. The molecule has 0 saturated carbocycles. The van der Waals surface area contributed by atoms with Crippen LogP contribution < -0.4 is 0 Å². The largest absolute Gasteiger partial charge is 0.461 e. The number of halogens is 1. The summed E-state index contributed by atoms with van der Waals surface area (Å²) >= 11 is 6.86. The van der Waals surface area contributed by atoms with E-state index in [1.165, 1.54) is 0 Å². The van der Waals surface area contributed by atoms with Gasteiger partial charge in [-0.25, -0.2) is 9.59 Å². The van der Waals surface area contributed by atoms with Gasteiger partial charge in [-0.3, -0.25) is 0 Å². The number of aryl methyl sites for hydroxylation is 1.